The maximum Gasteiger partial charge on any atom is 0.223 e. The van der Waals surface area contributed by atoms with Gasteiger partial charge in [-0.1, -0.05) is 54.6 Å². The van der Waals surface area contributed by atoms with Crippen LogP contribution in [0.2, 0.25) is 0 Å². The second kappa shape index (κ2) is 7.16. The lowest BCUT2D eigenvalue weighted by Crippen LogP contribution is -2.30. The van der Waals surface area contributed by atoms with Gasteiger partial charge in [0.05, 0.1) is 12.2 Å². The molecule has 2 aromatic carbocycles. The fraction of sp³-hybridized carbons (Fsp3) is 0.273. The fourth-order valence-corrected chi connectivity index (χ4v) is 3.66. The zero-order chi connectivity index (χ0) is 17.9. The van der Waals surface area contributed by atoms with Gasteiger partial charge in [-0.15, -0.1) is 0 Å². The predicted molar refractivity (Wildman–Crippen MR) is 101 cm³/mol. The topological polar surface area (TPSA) is 46.3 Å². The average molecular weight is 346 g/mol. The third-order valence-electron chi connectivity index (χ3n) is 5.13. The van der Waals surface area contributed by atoms with E-state index in [-0.39, 0.29) is 11.9 Å². The molecular weight excluding hydrogens is 324 g/mol. The second-order valence-electron chi connectivity index (χ2n) is 6.74. The Morgan fingerprint density at radius 3 is 2.77 bits per heavy atom. The first-order valence-electron chi connectivity index (χ1n) is 9.06. The van der Waals surface area contributed by atoms with E-state index >= 15 is 0 Å². The summed E-state index contributed by atoms with van der Waals surface area (Å²) in [5, 5.41) is 0. The van der Waals surface area contributed by atoms with Crippen molar-refractivity contribution in [2.75, 3.05) is 7.05 Å². The molecule has 1 aliphatic carbocycles. The number of oxazole rings is 1. The molecule has 0 spiro atoms. The van der Waals surface area contributed by atoms with Gasteiger partial charge in [0.15, 0.2) is 11.7 Å². The zero-order valence-corrected chi connectivity index (χ0v) is 14.9. The number of benzene rings is 2. The maximum absolute atomic E-state index is 12.6. The van der Waals surface area contributed by atoms with Crippen LogP contribution in [-0.2, 0) is 17.6 Å². The Morgan fingerprint density at radius 2 is 1.92 bits per heavy atom. The summed E-state index contributed by atoms with van der Waals surface area (Å²) in [6, 6.07) is 18.5. The van der Waals surface area contributed by atoms with E-state index in [4.69, 9.17) is 4.42 Å². The number of fused-ring (bicyclic) bond motifs is 1. The Balaban J connectivity index is 1.38. The van der Waals surface area contributed by atoms with Crippen LogP contribution in [0.5, 0.6) is 0 Å². The molecule has 0 unspecified atom stereocenters. The number of aromatic nitrogens is 1. The average Bonchev–Trinajstić information content (AvgIpc) is 3.33. The van der Waals surface area contributed by atoms with E-state index in [0.29, 0.717) is 18.7 Å². The van der Waals surface area contributed by atoms with Crippen LogP contribution >= 0.6 is 0 Å². The monoisotopic (exact) mass is 346 g/mol. The minimum Gasteiger partial charge on any atom is -0.441 e. The van der Waals surface area contributed by atoms with Gasteiger partial charge in [-0.2, -0.15) is 0 Å². The van der Waals surface area contributed by atoms with Crippen LogP contribution in [0.3, 0.4) is 0 Å². The summed E-state index contributed by atoms with van der Waals surface area (Å²) in [7, 11) is 1.90. The second-order valence-corrected chi connectivity index (χ2v) is 6.74. The smallest absolute Gasteiger partial charge is 0.223 e. The summed E-state index contributed by atoms with van der Waals surface area (Å²) in [5.74, 6) is 1.48. The van der Waals surface area contributed by atoms with Gasteiger partial charge >= 0.3 is 0 Å². The quantitative estimate of drug-likeness (QED) is 0.687. The molecule has 0 N–H and O–H groups in total. The van der Waals surface area contributed by atoms with Crippen molar-refractivity contribution in [3.63, 3.8) is 0 Å². The Kier molecular flexibility index (Phi) is 4.57. The molecule has 4 heteroatoms. The standard InChI is InChI=1S/C22H22N2O2/c1-24(19-12-11-16-7-5-6-10-18(16)19)22(25)14-13-21-23-15-20(26-21)17-8-3-2-4-9-17/h2-10,15,19H,11-14H2,1H3/t19-/m0/s1. The molecule has 4 rings (SSSR count). The van der Waals surface area contributed by atoms with Gasteiger partial charge in [0.2, 0.25) is 5.91 Å². The summed E-state index contributed by atoms with van der Waals surface area (Å²) in [6.45, 7) is 0. The number of carbonyl (C=O) groups is 1. The number of hydrogen-bond acceptors (Lipinski definition) is 3. The van der Waals surface area contributed by atoms with Gasteiger partial charge in [0.1, 0.15) is 0 Å². The summed E-state index contributed by atoms with van der Waals surface area (Å²) in [5.41, 5.74) is 3.64. The largest absolute Gasteiger partial charge is 0.441 e. The molecule has 0 radical (unpaired) electrons. The van der Waals surface area contributed by atoms with E-state index < -0.39 is 0 Å². The number of amides is 1. The van der Waals surface area contributed by atoms with E-state index in [2.05, 4.69) is 23.2 Å². The minimum atomic E-state index is 0.131. The van der Waals surface area contributed by atoms with Gasteiger partial charge in [-0.05, 0) is 24.0 Å². The highest BCUT2D eigenvalue weighted by Crippen LogP contribution is 2.35. The van der Waals surface area contributed by atoms with E-state index in [9.17, 15) is 4.79 Å². The van der Waals surface area contributed by atoms with Crippen molar-refractivity contribution < 1.29 is 9.21 Å². The molecule has 0 saturated carbocycles. The normalized spacial score (nSPS) is 15.7. The fourth-order valence-electron chi connectivity index (χ4n) is 3.66. The zero-order valence-electron chi connectivity index (χ0n) is 14.9. The molecule has 3 aromatic rings. The maximum atomic E-state index is 12.6. The number of hydrogen-bond donors (Lipinski definition) is 0. The lowest BCUT2D eigenvalue weighted by Gasteiger charge is -2.25. The van der Waals surface area contributed by atoms with Gasteiger partial charge < -0.3 is 9.32 Å². The van der Waals surface area contributed by atoms with E-state index in [0.717, 1.165) is 24.2 Å². The first kappa shape index (κ1) is 16.6. The highest BCUT2D eigenvalue weighted by atomic mass is 16.4. The first-order chi connectivity index (χ1) is 12.7. The van der Waals surface area contributed by atoms with Crippen molar-refractivity contribution in [1.29, 1.82) is 0 Å². The number of carbonyl (C=O) groups excluding carboxylic acids is 1. The van der Waals surface area contributed by atoms with Gasteiger partial charge in [0, 0.05) is 25.5 Å². The minimum absolute atomic E-state index is 0.131. The van der Waals surface area contributed by atoms with E-state index in [1.807, 2.05) is 48.3 Å². The van der Waals surface area contributed by atoms with Crippen molar-refractivity contribution in [1.82, 2.24) is 9.88 Å². The van der Waals surface area contributed by atoms with Crippen LogP contribution in [-0.4, -0.2) is 22.8 Å². The molecule has 1 atom stereocenters. The van der Waals surface area contributed by atoms with E-state index in [1.165, 1.54) is 11.1 Å². The number of rotatable bonds is 5. The lowest BCUT2D eigenvalue weighted by molar-refractivity contribution is -0.132. The van der Waals surface area contributed by atoms with Crippen LogP contribution < -0.4 is 0 Å². The van der Waals surface area contributed by atoms with Crippen LogP contribution in [0, 0.1) is 0 Å². The van der Waals surface area contributed by atoms with Crippen LogP contribution in [0.4, 0.5) is 0 Å². The Bertz CT molecular complexity index is 901. The Hall–Kier alpha value is -2.88. The van der Waals surface area contributed by atoms with Crippen LogP contribution in [0.1, 0.15) is 35.9 Å². The number of nitrogens with zero attached hydrogens (tertiary/aromatic N) is 2. The third kappa shape index (κ3) is 3.27. The SMILES string of the molecule is CN(C(=O)CCc1ncc(-c2ccccc2)o1)[C@H]1CCc2ccccc21. The number of aryl methyl sites for hydroxylation is 2. The molecule has 0 saturated heterocycles. The van der Waals surface area contributed by atoms with Crippen LogP contribution in [0.25, 0.3) is 11.3 Å². The molecule has 0 aliphatic heterocycles. The van der Waals surface area contributed by atoms with Gasteiger partial charge in [0.25, 0.3) is 0 Å². The third-order valence-corrected chi connectivity index (χ3v) is 5.13. The summed E-state index contributed by atoms with van der Waals surface area (Å²) in [4.78, 5) is 18.8. The predicted octanol–water partition coefficient (Wildman–Crippen LogP) is 4.42. The molecule has 26 heavy (non-hydrogen) atoms. The van der Waals surface area contributed by atoms with Crippen molar-refractivity contribution in [3.8, 4) is 11.3 Å². The van der Waals surface area contributed by atoms with Gasteiger partial charge in [-0.3, -0.25) is 4.79 Å². The molecule has 1 amide bonds. The molecule has 0 bridgehead atoms. The molecule has 4 nitrogen and oxygen atoms in total. The Labute approximate surface area is 153 Å². The summed E-state index contributed by atoms with van der Waals surface area (Å²) in [6.07, 6.45) is 4.69. The van der Waals surface area contributed by atoms with Crippen molar-refractivity contribution in [2.45, 2.75) is 31.7 Å². The molecule has 132 valence electrons. The summed E-state index contributed by atoms with van der Waals surface area (Å²) >= 11 is 0. The molecule has 1 aliphatic rings. The lowest BCUT2D eigenvalue weighted by atomic mass is 10.1. The van der Waals surface area contributed by atoms with Crippen molar-refractivity contribution >= 4 is 5.91 Å². The molecule has 1 heterocycles. The highest BCUT2D eigenvalue weighted by Gasteiger charge is 2.28. The van der Waals surface area contributed by atoms with E-state index in [1.54, 1.807) is 6.20 Å². The molecule has 0 fully saturated rings. The van der Waals surface area contributed by atoms with Crippen LogP contribution in [0.15, 0.2) is 65.2 Å². The van der Waals surface area contributed by atoms with Gasteiger partial charge in [-0.25, -0.2) is 4.98 Å². The molecular formula is C22H22N2O2. The first-order valence-corrected chi connectivity index (χ1v) is 9.06. The Morgan fingerprint density at radius 1 is 1.15 bits per heavy atom. The highest BCUT2D eigenvalue weighted by molar-refractivity contribution is 5.76. The summed E-state index contributed by atoms with van der Waals surface area (Å²) < 4.78 is 5.80. The molecule has 1 aromatic heterocycles. The van der Waals surface area contributed by atoms with Crippen molar-refractivity contribution in [3.05, 3.63) is 77.8 Å². The van der Waals surface area contributed by atoms with Crippen molar-refractivity contribution in [2.24, 2.45) is 0 Å².